The molecule has 0 aliphatic heterocycles. The van der Waals surface area contributed by atoms with Crippen molar-refractivity contribution < 1.29 is 16.8 Å². The summed E-state index contributed by atoms with van der Waals surface area (Å²) in [5, 5.41) is 0. The second-order valence-corrected chi connectivity index (χ2v) is 0.904. The minimum atomic E-state index is 0. The summed E-state index contributed by atoms with van der Waals surface area (Å²) >= 11 is 0. The number of hydrogen-bond donors (Lipinski definition) is 0. The average molecular weight is 173 g/mol. The van der Waals surface area contributed by atoms with Gasteiger partial charge in [-0.05, 0) is 6.07 Å². The fourth-order valence-corrected chi connectivity index (χ4v) is 0.253. The van der Waals surface area contributed by atoms with Gasteiger partial charge in [-0.3, -0.25) is 0 Å². The van der Waals surface area contributed by atoms with Gasteiger partial charge in [0.2, 0.25) is 0 Å². The Bertz CT molecular complexity index is 86.0. The summed E-state index contributed by atoms with van der Waals surface area (Å²) in [5.74, 6) is 0. The molecule has 0 saturated carbocycles. The van der Waals surface area contributed by atoms with Crippen LogP contribution in [0.4, 0.5) is 0 Å². The number of hydrogen-bond acceptors (Lipinski definition) is 2. The van der Waals surface area contributed by atoms with E-state index in [1.54, 1.807) is 18.5 Å². The molecule has 0 aliphatic rings. The zero-order valence-corrected chi connectivity index (χ0v) is 6.08. The van der Waals surface area contributed by atoms with E-state index in [2.05, 4.69) is 9.97 Å². The molecule has 0 atom stereocenters. The molecule has 1 radical (unpaired) electrons. The topological polar surface area (TPSA) is 25.8 Å². The van der Waals surface area contributed by atoms with Gasteiger partial charge < -0.3 is 0 Å². The zero-order valence-electron chi connectivity index (χ0n) is 4.04. The quantitative estimate of drug-likeness (QED) is 0.573. The Balaban J connectivity index is 0. The van der Waals surface area contributed by atoms with E-state index in [4.69, 9.17) is 0 Å². The minimum absolute atomic E-state index is 0. The molecular formula is C4H6CoN2S. The zero-order chi connectivity index (χ0) is 4.24. The maximum absolute atomic E-state index is 3.67. The van der Waals surface area contributed by atoms with Crippen LogP contribution in [-0.4, -0.2) is 9.97 Å². The molecule has 4 heteroatoms. The van der Waals surface area contributed by atoms with Crippen LogP contribution in [-0.2, 0) is 16.8 Å². The van der Waals surface area contributed by atoms with Crippen LogP contribution in [0.1, 0.15) is 0 Å². The molecule has 1 rings (SSSR count). The van der Waals surface area contributed by atoms with E-state index in [0.29, 0.717) is 0 Å². The monoisotopic (exact) mass is 173 g/mol. The summed E-state index contributed by atoms with van der Waals surface area (Å²) in [4.78, 5) is 7.35. The van der Waals surface area contributed by atoms with Crippen LogP contribution in [0.15, 0.2) is 24.8 Å². The van der Waals surface area contributed by atoms with Crippen molar-refractivity contribution in [1.82, 2.24) is 9.97 Å². The van der Waals surface area contributed by atoms with E-state index in [1.807, 2.05) is 0 Å². The SMILES string of the molecule is S.[Co].c1cncnc1. The smallest absolute Gasteiger partial charge is 0.115 e. The predicted molar refractivity (Wildman–Crippen MR) is 32.4 cm³/mol. The molecule has 8 heavy (non-hydrogen) atoms. The normalized spacial score (nSPS) is 6.00. The van der Waals surface area contributed by atoms with Crippen molar-refractivity contribution in [3.05, 3.63) is 24.8 Å². The molecular weight excluding hydrogens is 167 g/mol. The van der Waals surface area contributed by atoms with Crippen LogP contribution in [0, 0.1) is 0 Å². The van der Waals surface area contributed by atoms with E-state index < -0.39 is 0 Å². The molecule has 0 fully saturated rings. The van der Waals surface area contributed by atoms with Crippen LogP contribution in [0.25, 0.3) is 0 Å². The Morgan fingerprint density at radius 2 is 1.50 bits per heavy atom. The van der Waals surface area contributed by atoms with Crippen molar-refractivity contribution in [3.8, 4) is 0 Å². The molecule has 0 aromatic carbocycles. The van der Waals surface area contributed by atoms with E-state index >= 15 is 0 Å². The van der Waals surface area contributed by atoms with E-state index in [9.17, 15) is 0 Å². The van der Waals surface area contributed by atoms with Gasteiger partial charge >= 0.3 is 0 Å². The van der Waals surface area contributed by atoms with Gasteiger partial charge in [0.1, 0.15) is 6.33 Å². The molecule has 0 saturated heterocycles. The second-order valence-electron chi connectivity index (χ2n) is 0.904. The van der Waals surface area contributed by atoms with Gasteiger partial charge in [0.05, 0.1) is 0 Å². The molecule has 0 N–H and O–H groups in total. The van der Waals surface area contributed by atoms with Crippen molar-refractivity contribution in [1.29, 1.82) is 0 Å². The van der Waals surface area contributed by atoms with Crippen molar-refractivity contribution in [2.75, 3.05) is 0 Å². The Labute approximate surface area is 65.4 Å². The van der Waals surface area contributed by atoms with Crippen LogP contribution in [0.5, 0.6) is 0 Å². The molecule has 1 aromatic rings. The van der Waals surface area contributed by atoms with Crippen molar-refractivity contribution in [2.24, 2.45) is 0 Å². The van der Waals surface area contributed by atoms with Crippen LogP contribution >= 0.6 is 13.5 Å². The first-order valence-electron chi connectivity index (χ1n) is 1.70. The first-order chi connectivity index (χ1) is 3.00. The number of nitrogens with zero attached hydrogens (tertiary/aromatic N) is 2. The molecule has 1 aromatic heterocycles. The largest absolute Gasteiger partial charge is 0.245 e. The molecule has 0 unspecified atom stereocenters. The van der Waals surface area contributed by atoms with Crippen molar-refractivity contribution in [3.63, 3.8) is 0 Å². The fraction of sp³-hybridized carbons (Fsp3) is 0. The molecule has 0 aliphatic carbocycles. The van der Waals surface area contributed by atoms with E-state index in [1.165, 1.54) is 6.33 Å². The first-order valence-corrected chi connectivity index (χ1v) is 1.70. The summed E-state index contributed by atoms with van der Waals surface area (Å²) in [6.07, 6.45) is 4.88. The van der Waals surface area contributed by atoms with Crippen LogP contribution in [0.2, 0.25) is 0 Å². The van der Waals surface area contributed by atoms with Crippen molar-refractivity contribution in [2.45, 2.75) is 0 Å². The molecule has 0 amide bonds. The Morgan fingerprint density at radius 3 is 1.62 bits per heavy atom. The van der Waals surface area contributed by atoms with Gasteiger partial charge in [0.25, 0.3) is 0 Å². The summed E-state index contributed by atoms with van der Waals surface area (Å²) in [6, 6.07) is 1.78. The van der Waals surface area contributed by atoms with Gasteiger partial charge in [0.15, 0.2) is 0 Å². The number of aromatic nitrogens is 2. The Morgan fingerprint density at radius 1 is 1.00 bits per heavy atom. The predicted octanol–water partition coefficient (Wildman–Crippen LogP) is 0.587. The average Bonchev–Trinajstić information content (AvgIpc) is 1.72. The Hall–Kier alpha value is -0.0635. The Kier molecular flexibility index (Phi) is 9.40. The fourth-order valence-electron chi connectivity index (χ4n) is 0.253. The summed E-state index contributed by atoms with van der Waals surface area (Å²) in [6.45, 7) is 0. The van der Waals surface area contributed by atoms with Gasteiger partial charge in [-0.2, -0.15) is 13.5 Å². The van der Waals surface area contributed by atoms with Gasteiger partial charge in [-0.1, -0.05) is 0 Å². The van der Waals surface area contributed by atoms with Gasteiger partial charge in [-0.25, -0.2) is 9.97 Å². The molecule has 1 heterocycles. The third-order valence-electron chi connectivity index (χ3n) is 0.478. The molecule has 47 valence electrons. The third-order valence-corrected chi connectivity index (χ3v) is 0.478. The molecule has 0 spiro atoms. The summed E-state index contributed by atoms with van der Waals surface area (Å²) in [7, 11) is 0. The van der Waals surface area contributed by atoms with Crippen molar-refractivity contribution >= 4 is 13.5 Å². The summed E-state index contributed by atoms with van der Waals surface area (Å²) in [5.41, 5.74) is 0. The third kappa shape index (κ3) is 4.10. The molecule has 2 nitrogen and oxygen atoms in total. The van der Waals surface area contributed by atoms with Gasteiger partial charge in [0, 0.05) is 29.2 Å². The minimum Gasteiger partial charge on any atom is -0.245 e. The standard InChI is InChI=1S/C4H4N2.Co.H2S/c1-2-5-4-6-3-1;;/h1-4H;;1H2. The maximum Gasteiger partial charge on any atom is 0.115 e. The van der Waals surface area contributed by atoms with E-state index in [-0.39, 0.29) is 30.3 Å². The summed E-state index contributed by atoms with van der Waals surface area (Å²) < 4.78 is 0. The van der Waals surface area contributed by atoms with E-state index in [0.717, 1.165) is 0 Å². The second kappa shape index (κ2) is 6.94. The van der Waals surface area contributed by atoms with Crippen LogP contribution in [0.3, 0.4) is 0 Å². The van der Waals surface area contributed by atoms with Crippen LogP contribution < -0.4 is 0 Å². The number of rotatable bonds is 0. The van der Waals surface area contributed by atoms with Gasteiger partial charge in [-0.15, -0.1) is 0 Å². The molecule has 0 bridgehead atoms. The first kappa shape index (κ1) is 10.8. The maximum atomic E-state index is 3.67.